The highest BCUT2D eigenvalue weighted by atomic mass is 32.2. The molecular formula is C11H12OS2. The Balaban J connectivity index is 2.79. The quantitative estimate of drug-likeness (QED) is 0.715. The van der Waals surface area contributed by atoms with Crippen molar-refractivity contribution in [1.82, 2.24) is 0 Å². The lowest BCUT2D eigenvalue weighted by molar-refractivity contribution is 0.402. The Morgan fingerprint density at radius 2 is 2.21 bits per heavy atom. The number of hydrogen-bond acceptors (Lipinski definition) is 3. The van der Waals surface area contributed by atoms with Gasteiger partial charge in [-0.3, -0.25) is 0 Å². The van der Waals surface area contributed by atoms with E-state index < -0.39 is 0 Å². The fraction of sp³-hybridized carbons (Fsp3) is 0.273. The molecule has 2 rings (SSSR count). The molecule has 0 spiro atoms. The molecule has 2 aromatic rings. The predicted octanol–water partition coefficient (Wildman–Crippen LogP) is 3.94. The smallest absolute Gasteiger partial charge is 0.136 e. The van der Waals surface area contributed by atoms with E-state index in [0.717, 1.165) is 5.75 Å². The lowest BCUT2D eigenvalue weighted by Crippen LogP contribution is -1.89. The highest BCUT2D eigenvalue weighted by Gasteiger charge is 2.10. The van der Waals surface area contributed by atoms with Gasteiger partial charge in [0, 0.05) is 10.3 Å². The van der Waals surface area contributed by atoms with Crippen LogP contribution in [0.5, 0.6) is 5.75 Å². The van der Waals surface area contributed by atoms with Crippen molar-refractivity contribution in [2.45, 2.75) is 11.8 Å². The van der Waals surface area contributed by atoms with E-state index in [9.17, 15) is 0 Å². The highest BCUT2D eigenvalue weighted by Crippen LogP contribution is 2.38. The number of thioether (sulfide) groups is 1. The summed E-state index contributed by atoms with van der Waals surface area (Å²) < 4.78 is 6.76. The fourth-order valence-electron chi connectivity index (χ4n) is 1.64. The second-order valence-electron chi connectivity index (χ2n) is 3.08. The molecule has 0 fully saturated rings. The summed E-state index contributed by atoms with van der Waals surface area (Å²) in [6.45, 7) is 2.12. The number of rotatable bonds is 2. The largest absolute Gasteiger partial charge is 0.495 e. The van der Waals surface area contributed by atoms with Crippen LogP contribution in [0.4, 0.5) is 0 Å². The Morgan fingerprint density at radius 1 is 1.43 bits per heavy atom. The van der Waals surface area contributed by atoms with Gasteiger partial charge < -0.3 is 4.74 Å². The molecule has 0 aliphatic heterocycles. The zero-order valence-electron chi connectivity index (χ0n) is 8.46. The van der Waals surface area contributed by atoms with E-state index in [-0.39, 0.29) is 0 Å². The van der Waals surface area contributed by atoms with Gasteiger partial charge in [-0.25, -0.2) is 0 Å². The van der Waals surface area contributed by atoms with Crippen LogP contribution in [-0.4, -0.2) is 13.4 Å². The van der Waals surface area contributed by atoms with Crippen LogP contribution < -0.4 is 4.74 Å². The van der Waals surface area contributed by atoms with E-state index in [0.29, 0.717) is 0 Å². The van der Waals surface area contributed by atoms with Crippen molar-refractivity contribution < 1.29 is 4.74 Å². The van der Waals surface area contributed by atoms with Crippen molar-refractivity contribution in [3.63, 3.8) is 0 Å². The first-order chi connectivity index (χ1) is 6.77. The molecule has 0 unspecified atom stereocenters. The van der Waals surface area contributed by atoms with Gasteiger partial charge in [0.2, 0.25) is 0 Å². The second kappa shape index (κ2) is 3.83. The van der Waals surface area contributed by atoms with Crippen molar-refractivity contribution in [2.75, 3.05) is 13.4 Å². The molecule has 74 valence electrons. The van der Waals surface area contributed by atoms with Gasteiger partial charge in [0.15, 0.2) is 0 Å². The first-order valence-electron chi connectivity index (χ1n) is 4.36. The Labute approximate surface area is 92.1 Å². The Kier molecular flexibility index (Phi) is 2.70. The van der Waals surface area contributed by atoms with E-state index in [1.807, 2.05) is 0 Å². The fourth-order valence-corrected chi connectivity index (χ4v) is 3.19. The van der Waals surface area contributed by atoms with Crippen molar-refractivity contribution in [2.24, 2.45) is 0 Å². The van der Waals surface area contributed by atoms with E-state index in [4.69, 9.17) is 4.74 Å². The number of aryl methyl sites for hydroxylation is 1. The molecule has 1 aromatic carbocycles. The van der Waals surface area contributed by atoms with Gasteiger partial charge in [-0.2, -0.15) is 0 Å². The lowest BCUT2D eigenvalue weighted by Gasteiger charge is -2.10. The van der Waals surface area contributed by atoms with Gasteiger partial charge >= 0.3 is 0 Å². The molecule has 0 amide bonds. The van der Waals surface area contributed by atoms with Gasteiger partial charge in [-0.15, -0.1) is 23.1 Å². The molecule has 0 N–H and O–H groups in total. The molecule has 0 saturated heterocycles. The monoisotopic (exact) mass is 224 g/mol. The summed E-state index contributed by atoms with van der Waals surface area (Å²) in [6, 6.07) is 4.36. The Hall–Kier alpha value is -0.670. The maximum atomic E-state index is 5.43. The maximum absolute atomic E-state index is 5.43. The third kappa shape index (κ3) is 1.41. The van der Waals surface area contributed by atoms with Crippen molar-refractivity contribution in [1.29, 1.82) is 0 Å². The first kappa shape index (κ1) is 9.87. The number of methoxy groups -OCH3 is 1. The Bertz CT molecular complexity index is 460. The summed E-state index contributed by atoms with van der Waals surface area (Å²) in [7, 11) is 1.74. The number of hydrogen-bond donors (Lipinski definition) is 0. The van der Waals surface area contributed by atoms with E-state index >= 15 is 0 Å². The summed E-state index contributed by atoms with van der Waals surface area (Å²) in [4.78, 5) is 1.22. The highest BCUT2D eigenvalue weighted by molar-refractivity contribution is 7.98. The van der Waals surface area contributed by atoms with Crippen LogP contribution in [0.2, 0.25) is 0 Å². The summed E-state index contributed by atoms with van der Waals surface area (Å²) in [5.41, 5.74) is 1.25. The van der Waals surface area contributed by atoms with Gasteiger partial charge in [0.05, 0.1) is 12.0 Å². The van der Waals surface area contributed by atoms with Crippen LogP contribution in [0.25, 0.3) is 10.1 Å². The molecule has 3 heteroatoms. The molecule has 0 aliphatic rings. The predicted molar refractivity (Wildman–Crippen MR) is 64.9 cm³/mol. The van der Waals surface area contributed by atoms with E-state index in [1.54, 1.807) is 30.2 Å². The summed E-state index contributed by atoms with van der Waals surface area (Å²) in [6.07, 6.45) is 2.08. The average Bonchev–Trinajstić information content (AvgIpc) is 2.65. The minimum atomic E-state index is 1.02. The van der Waals surface area contributed by atoms with Gasteiger partial charge in [0.1, 0.15) is 5.75 Å². The molecule has 1 aromatic heterocycles. The number of ether oxygens (including phenoxy) is 1. The molecule has 0 bridgehead atoms. The van der Waals surface area contributed by atoms with Crippen molar-refractivity contribution >= 4 is 33.2 Å². The molecule has 14 heavy (non-hydrogen) atoms. The normalized spacial score (nSPS) is 10.8. The van der Waals surface area contributed by atoms with Crippen LogP contribution in [0.15, 0.2) is 22.4 Å². The zero-order chi connectivity index (χ0) is 10.1. The molecule has 1 nitrogen and oxygen atoms in total. The maximum Gasteiger partial charge on any atom is 0.136 e. The number of fused-ring (bicyclic) bond motifs is 1. The van der Waals surface area contributed by atoms with Gasteiger partial charge in [-0.1, -0.05) is 0 Å². The van der Waals surface area contributed by atoms with Gasteiger partial charge in [0.25, 0.3) is 0 Å². The van der Waals surface area contributed by atoms with E-state index in [2.05, 4.69) is 30.7 Å². The SMILES string of the molecule is COc1c(SC)cc2ccsc2c1C. The molecule has 0 radical (unpaired) electrons. The molecule has 0 aliphatic carbocycles. The second-order valence-corrected chi connectivity index (χ2v) is 4.84. The van der Waals surface area contributed by atoms with E-state index in [1.165, 1.54) is 20.5 Å². The third-order valence-corrected chi connectivity index (χ3v) is 4.10. The molecule has 1 heterocycles. The van der Waals surface area contributed by atoms with Crippen LogP contribution in [0.3, 0.4) is 0 Å². The summed E-state index contributed by atoms with van der Waals surface area (Å²) in [5.74, 6) is 1.02. The van der Waals surface area contributed by atoms with Crippen LogP contribution >= 0.6 is 23.1 Å². The number of thiophene rings is 1. The summed E-state index contributed by atoms with van der Waals surface area (Å²) in [5, 5.41) is 3.44. The molecular weight excluding hydrogens is 212 g/mol. The number of benzene rings is 1. The molecule has 0 saturated carbocycles. The van der Waals surface area contributed by atoms with Crippen LogP contribution in [-0.2, 0) is 0 Å². The van der Waals surface area contributed by atoms with Crippen molar-refractivity contribution in [3.05, 3.63) is 23.1 Å². The van der Waals surface area contributed by atoms with Crippen LogP contribution in [0.1, 0.15) is 5.56 Å². The minimum absolute atomic E-state index is 1.02. The Morgan fingerprint density at radius 3 is 2.86 bits per heavy atom. The third-order valence-electron chi connectivity index (χ3n) is 2.31. The molecule has 0 atom stereocenters. The minimum Gasteiger partial charge on any atom is -0.495 e. The lowest BCUT2D eigenvalue weighted by atomic mass is 10.1. The first-order valence-corrected chi connectivity index (χ1v) is 6.47. The average molecular weight is 224 g/mol. The topological polar surface area (TPSA) is 9.23 Å². The van der Waals surface area contributed by atoms with Crippen LogP contribution in [0, 0.1) is 6.92 Å². The zero-order valence-corrected chi connectivity index (χ0v) is 10.1. The summed E-state index contributed by atoms with van der Waals surface area (Å²) >= 11 is 3.51. The standard InChI is InChI=1S/C11H12OS2/c1-7-10(12-2)9(13-3)6-8-4-5-14-11(7)8/h4-6H,1-3H3. The van der Waals surface area contributed by atoms with Crippen molar-refractivity contribution in [3.8, 4) is 5.75 Å². The van der Waals surface area contributed by atoms with Gasteiger partial charge in [-0.05, 0) is 36.1 Å².